The van der Waals surface area contributed by atoms with Gasteiger partial charge in [0.25, 0.3) is 0 Å². The molecule has 3 heteroatoms. The Labute approximate surface area is 97.1 Å². The quantitative estimate of drug-likeness (QED) is 0.571. The molecule has 1 aliphatic rings. The van der Waals surface area contributed by atoms with Crippen LogP contribution in [0.1, 0.15) is 12.8 Å². The maximum atomic E-state index is 6.80. The normalized spacial score (nSPS) is 25.9. The van der Waals surface area contributed by atoms with Crippen LogP contribution in [0.3, 0.4) is 0 Å². The molecule has 82 valence electrons. The fraction of sp³-hybridized carbons (Fsp3) is 0.500. The average molecular weight is 241 g/mol. The smallest absolute Gasteiger partial charge is 0.189 e. The Balaban J connectivity index is 2.18. The van der Waals surface area contributed by atoms with E-state index in [1.807, 2.05) is 6.07 Å². The van der Waals surface area contributed by atoms with E-state index >= 15 is 0 Å². The second kappa shape index (κ2) is 4.68. The third-order valence-corrected chi connectivity index (χ3v) is 8.30. The van der Waals surface area contributed by atoms with E-state index in [0.29, 0.717) is 5.54 Å². The van der Waals surface area contributed by atoms with Crippen LogP contribution in [0.15, 0.2) is 30.3 Å². The van der Waals surface area contributed by atoms with Crippen molar-refractivity contribution in [2.45, 2.75) is 24.9 Å². The first-order chi connectivity index (χ1) is 7.21. The van der Waals surface area contributed by atoms with Gasteiger partial charge in [0.15, 0.2) is 7.38 Å². The third-order valence-electron chi connectivity index (χ3n) is 3.27. The second-order valence-corrected chi connectivity index (χ2v) is 10.3. The monoisotopic (exact) mass is 240 g/mol. The molecule has 0 spiro atoms. The van der Waals surface area contributed by atoms with E-state index in [1.54, 1.807) is 0 Å². The van der Waals surface area contributed by atoms with Gasteiger partial charge in [-0.15, -0.1) is 0 Å². The fourth-order valence-corrected chi connectivity index (χ4v) is 5.56. The van der Waals surface area contributed by atoms with E-state index < -0.39 is 7.38 Å². The molecule has 15 heavy (non-hydrogen) atoms. The highest BCUT2D eigenvalue weighted by atomic mass is 35.6. The van der Waals surface area contributed by atoms with E-state index in [0.717, 1.165) is 19.6 Å². The highest BCUT2D eigenvalue weighted by Gasteiger charge is 2.37. The Morgan fingerprint density at radius 1 is 1.33 bits per heavy atom. The number of hydrogen-bond donors (Lipinski definition) is 0. The van der Waals surface area contributed by atoms with Crippen LogP contribution in [-0.4, -0.2) is 20.6 Å². The number of rotatable bonds is 2. The predicted octanol–water partition coefficient (Wildman–Crippen LogP) is 2.89. The zero-order chi connectivity index (χ0) is 10.7. The molecule has 1 nitrogen and oxygen atoms in total. The summed E-state index contributed by atoms with van der Waals surface area (Å²) in [5.41, 5.74) is 0.565. The predicted molar refractivity (Wildman–Crippen MR) is 67.4 cm³/mol. The molecule has 0 amide bonds. The van der Waals surface area contributed by atoms with Crippen LogP contribution in [0.5, 0.6) is 0 Å². The molecule has 1 heterocycles. The van der Waals surface area contributed by atoms with E-state index in [-0.39, 0.29) is 0 Å². The van der Waals surface area contributed by atoms with Crippen molar-refractivity contribution in [2.75, 3.05) is 13.2 Å². The van der Waals surface area contributed by atoms with Gasteiger partial charge in [0.1, 0.15) is 0 Å². The summed E-state index contributed by atoms with van der Waals surface area (Å²) in [6, 6.07) is 10.5. The summed E-state index contributed by atoms with van der Waals surface area (Å²) in [6.07, 6.45) is 2.38. The standard InChI is InChI=1S/C12H17ClOSi/c1-15(13,11-6-3-2-4-7-11)12-8-5-9-14-10-12/h2-4,6-7,12H,5,8-10H2,1H3. The van der Waals surface area contributed by atoms with Crippen molar-refractivity contribution in [1.82, 2.24) is 0 Å². The Hall–Kier alpha value is -0.313. The maximum Gasteiger partial charge on any atom is 0.189 e. The summed E-state index contributed by atoms with van der Waals surface area (Å²) in [7, 11) is -1.83. The van der Waals surface area contributed by atoms with E-state index in [9.17, 15) is 0 Å². The van der Waals surface area contributed by atoms with Gasteiger partial charge in [-0.25, -0.2) is 0 Å². The van der Waals surface area contributed by atoms with Crippen molar-refractivity contribution in [2.24, 2.45) is 0 Å². The van der Waals surface area contributed by atoms with Gasteiger partial charge in [-0.05, 0) is 23.6 Å². The number of hydrogen-bond acceptors (Lipinski definition) is 1. The number of ether oxygens (including phenoxy) is 1. The molecular formula is C12H17ClOSi. The van der Waals surface area contributed by atoms with Crippen molar-refractivity contribution in [3.05, 3.63) is 30.3 Å². The lowest BCUT2D eigenvalue weighted by Crippen LogP contribution is -2.46. The fourth-order valence-electron chi connectivity index (χ4n) is 2.17. The van der Waals surface area contributed by atoms with Crippen LogP contribution in [0.2, 0.25) is 12.1 Å². The molecule has 2 unspecified atom stereocenters. The zero-order valence-electron chi connectivity index (χ0n) is 9.08. The van der Waals surface area contributed by atoms with Gasteiger partial charge in [-0.3, -0.25) is 0 Å². The van der Waals surface area contributed by atoms with Gasteiger partial charge in [-0.1, -0.05) is 36.9 Å². The molecule has 0 aliphatic carbocycles. The highest BCUT2D eigenvalue weighted by molar-refractivity contribution is 7.27. The third kappa shape index (κ3) is 2.44. The lowest BCUT2D eigenvalue weighted by molar-refractivity contribution is 0.0958. The first kappa shape index (κ1) is 11.2. The van der Waals surface area contributed by atoms with Crippen LogP contribution < -0.4 is 5.19 Å². The maximum absolute atomic E-state index is 6.80. The minimum atomic E-state index is -1.83. The molecule has 0 aromatic heterocycles. The minimum Gasteiger partial charge on any atom is -0.381 e. The van der Waals surface area contributed by atoms with E-state index in [1.165, 1.54) is 11.6 Å². The van der Waals surface area contributed by atoms with Crippen molar-refractivity contribution in [1.29, 1.82) is 0 Å². The molecule has 2 atom stereocenters. The summed E-state index contributed by atoms with van der Waals surface area (Å²) in [6.45, 7) is 4.00. The average Bonchev–Trinajstić information content (AvgIpc) is 2.31. The SMILES string of the molecule is C[Si](Cl)(c1ccccc1)C1CCCOC1. The van der Waals surface area contributed by atoms with Crippen molar-refractivity contribution in [3.63, 3.8) is 0 Å². The van der Waals surface area contributed by atoms with Gasteiger partial charge in [0.2, 0.25) is 0 Å². The molecule has 0 saturated carbocycles. The van der Waals surface area contributed by atoms with Gasteiger partial charge in [0, 0.05) is 13.2 Å². The van der Waals surface area contributed by atoms with E-state index in [2.05, 4.69) is 30.8 Å². The molecule has 1 saturated heterocycles. The second-order valence-electron chi connectivity index (χ2n) is 4.36. The lowest BCUT2D eigenvalue weighted by atomic mass is 10.2. The molecular weight excluding hydrogens is 224 g/mol. The Morgan fingerprint density at radius 2 is 2.07 bits per heavy atom. The van der Waals surface area contributed by atoms with Crippen LogP contribution in [-0.2, 0) is 4.74 Å². The van der Waals surface area contributed by atoms with Crippen LogP contribution in [0.25, 0.3) is 0 Å². The summed E-state index contributed by atoms with van der Waals surface area (Å²) < 4.78 is 5.54. The molecule has 1 aliphatic heterocycles. The Morgan fingerprint density at radius 3 is 2.67 bits per heavy atom. The van der Waals surface area contributed by atoms with Crippen LogP contribution in [0.4, 0.5) is 0 Å². The number of benzene rings is 1. The van der Waals surface area contributed by atoms with Gasteiger partial charge < -0.3 is 4.74 Å². The van der Waals surface area contributed by atoms with Crippen LogP contribution in [0, 0.1) is 0 Å². The molecule has 0 radical (unpaired) electrons. The Kier molecular flexibility index (Phi) is 3.49. The first-order valence-electron chi connectivity index (χ1n) is 5.53. The minimum absolute atomic E-state index is 0.565. The summed E-state index contributed by atoms with van der Waals surface area (Å²) in [5, 5.41) is 1.34. The summed E-state index contributed by atoms with van der Waals surface area (Å²) in [5.74, 6) is 0. The molecule has 0 N–H and O–H groups in total. The lowest BCUT2D eigenvalue weighted by Gasteiger charge is -2.33. The largest absolute Gasteiger partial charge is 0.381 e. The van der Waals surface area contributed by atoms with Crippen molar-refractivity contribution < 1.29 is 4.74 Å². The zero-order valence-corrected chi connectivity index (χ0v) is 10.8. The number of halogens is 1. The molecule has 1 aromatic carbocycles. The highest BCUT2D eigenvalue weighted by Crippen LogP contribution is 2.32. The first-order valence-corrected chi connectivity index (χ1v) is 9.12. The molecule has 0 bridgehead atoms. The molecule has 1 fully saturated rings. The summed E-state index contributed by atoms with van der Waals surface area (Å²) in [4.78, 5) is 0. The molecule has 1 aromatic rings. The topological polar surface area (TPSA) is 9.23 Å². The Bertz CT molecular complexity index is 307. The van der Waals surface area contributed by atoms with Gasteiger partial charge in [0.05, 0.1) is 0 Å². The van der Waals surface area contributed by atoms with E-state index in [4.69, 9.17) is 15.8 Å². The van der Waals surface area contributed by atoms with Crippen LogP contribution >= 0.6 is 11.1 Å². The summed E-state index contributed by atoms with van der Waals surface area (Å²) >= 11 is 6.80. The van der Waals surface area contributed by atoms with Gasteiger partial charge in [-0.2, -0.15) is 11.1 Å². The van der Waals surface area contributed by atoms with Gasteiger partial charge >= 0.3 is 0 Å². The molecule has 2 rings (SSSR count). The van der Waals surface area contributed by atoms with Crippen molar-refractivity contribution in [3.8, 4) is 0 Å². The van der Waals surface area contributed by atoms with Crippen molar-refractivity contribution >= 4 is 23.6 Å².